The van der Waals surface area contributed by atoms with Crippen LogP contribution in [0.25, 0.3) is 0 Å². The van der Waals surface area contributed by atoms with E-state index in [9.17, 15) is 4.79 Å². The Morgan fingerprint density at radius 1 is 1.14 bits per heavy atom. The summed E-state index contributed by atoms with van der Waals surface area (Å²) in [6.07, 6.45) is 1.64. The monoisotopic (exact) mass is 396 g/mol. The minimum atomic E-state index is -0.478. The Morgan fingerprint density at radius 3 is 2.75 bits per heavy atom. The van der Waals surface area contributed by atoms with Gasteiger partial charge in [-0.25, -0.2) is 4.98 Å². The van der Waals surface area contributed by atoms with Crippen LogP contribution in [-0.2, 0) is 0 Å². The average molecular weight is 396 g/mol. The molecule has 8 nitrogen and oxygen atoms in total. The molecule has 3 aromatic rings. The van der Waals surface area contributed by atoms with Crippen LogP contribution in [0.4, 0.5) is 23.2 Å². The van der Waals surface area contributed by atoms with Crippen molar-refractivity contribution in [2.45, 2.75) is 6.92 Å². The molecule has 9 heteroatoms. The number of carbonyl (C=O) groups excluding carboxylic acids is 1. The highest BCUT2D eigenvalue weighted by molar-refractivity contribution is 7.99. The van der Waals surface area contributed by atoms with E-state index in [-0.39, 0.29) is 11.9 Å². The predicted molar refractivity (Wildman–Crippen MR) is 110 cm³/mol. The van der Waals surface area contributed by atoms with Crippen molar-refractivity contribution in [2.75, 3.05) is 40.1 Å². The summed E-state index contributed by atoms with van der Waals surface area (Å²) in [7, 11) is 0. The van der Waals surface area contributed by atoms with Crippen molar-refractivity contribution < 1.29 is 9.21 Å². The van der Waals surface area contributed by atoms with Crippen LogP contribution in [0.2, 0.25) is 0 Å². The van der Waals surface area contributed by atoms with Crippen molar-refractivity contribution in [3.8, 4) is 0 Å². The van der Waals surface area contributed by atoms with Crippen LogP contribution in [0.3, 0.4) is 0 Å². The van der Waals surface area contributed by atoms with Crippen molar-refractivity contribution in [3.05, 3.63) is 54.0 Å². The van der Waals surface area contributed by atoms with Crippen LogP contribution >= 0.6 is 11.8 Å². The minimum absolute atomic E-state index is 0.118. The molecule has 1 aliphatic rings. The minimum Gasteiger partial charge on any atom is -0.399 e. The second kappa shape index (κ2) is 8.30. The summed E-state index contributed by atoms with van der Waals surface area (Å²) < 4.78 is 5.40. The molecule has 0 radical (unpaired) electrons. The van der Waals surface area contributed by atoms with Gasteiger partial charge in [0.15, 0.2) is 0 Å². The molecule has 0 aliphatic carbocycles. The fourth-order valence-corrected chi connectivity index (χ4v) is 3.74. The zero-order valence-corrected chi connectivity index (χ0v) is 16.2. The van der Waals surface area contributed by atoms with E-state index < -0.39 is 5.91 Å². The highest BCUT2D eigenvalue weighted by Gasteiger charge is 2.16. The lowest BCUT2D eigenvalue weighted by Crippen LogP contribution is -2.33. The van der Waals surface area contributed by atoms with E-state index in [2.05, 4.69) is 30.7 Å². The predicted octanol–water partition coefficient (Wildman–Crippen LogP) is 3.32. The molecule has 28 heavy (non-hydrogen) atoms. The third kappa shape index (κ3) is 4.42. The number of pyridine rings is 1. The molecule has 1 saturated heterocycles. The lowest BCUT2D eigenvalue weighted by Gasteiger charge is -2.27. The topological polar surface area (TPSA) is 96.2 Å². The maximum absolute atomic E-state index is 12.3. The van der Waals surface area contributed by atoms with Crippen molar-refractivity contribution in [1.82, 2.24) is 15.2 Å². The van der Waals surface area contributed by atoms with Crippen LogP contribution in [0.5, 0.6) is 0 Å². The zero-order chi connectivity index (χ0) is 19.3. The number of hydrogen-bond acceptors (Lipinski definition) is 8. The van der Waals surface area contributed by atoms with Crippen molar-refractivity contribution in [3.63, 3.8) is 0 Å². The normalized spacial score (nSPS) is 14.0. The molecular weight excluding hydrogens is 376 g/mol. The van der Waals surface area contributed by atoms with E-state index in [0.717, 1.165) is 41.7 Å². The molecule has 3 heterocycles. The van der Waals surface area contributed by atoms with Gasteiger partial charge in [0.25, 0.3) is 0 Å². The number of benzene rings is 1. The molecule has 0 atom stereocenters. The number of hydrogen-bond donors (Lipinski definition) is 2. The lowest BCUT2D eigenvalue weighted by atomic mass is 10.2. The van der Waals surface area contributed by atoms with E-state index >= 15 is 0 Å². The van der Waals surface area contributed by atoms with Gasteiger partial charge in [-0.3, -0.25) is 4.79 Å². The SMILES string of the molecule is Cc1cccc(Nc2nnc(C(=O)Nc3ccc(N4CCSCC4)nc3)o2)c1. The Hall–Kier alpha value is -3.07. The maximum atomic E-state index is 12.3. The number of anilines is 4. The van der Waals surface area contributed by atoms with Gasteiger partial charge >= 0.3 is 17.8 Å². The Labute approximate surface area is 166 Å². The van der Waals surface area contributed by atoms with Crippen LogP contribution in [0.1, 0.15) is 16.2 Å². The number of aromatic nitrogens is 3. The molecule has 0 saturated carbocycles. The van der Waals surface area contributed by atoms with Gasteiger partial charge in [0.2, 0.25) is 0 Å². The van der Waals surface area contributed by atoms with Crippen LogP contribution in [-0.4, -0.2) is 45.7 Å². The molecule has 2 N–H and O–H groups in total. The molecule has 0 bridgehead atoms. The molecule has 4 rings (SSSR count). The molecule has 144 valence electrons. The zero-order valence-electron chi connectivity index (χ0n) is 15.4. The van der Waals surface area contributed by atoms with Gasteiger partial charge in [-0.15, -0.1) is 5.10 Å². The first kappa shape index (κ1) is 18.3. The van der Waals surface area contributed by atoms with E-state index in [0.29, 0.717) is 5.69 Å². The van der Waals surface area contributed by atoms with Gasteiger partial charge in [-0.2, -0.15) is 11.8 Å². The average Bonchev–Trinajstić information content (AvgIpc) is 3.18. The van der Waals surface area contributed by atoms with Gasteiger partial charge in [0.1, 0.15) is 5.82 Å². The standard InChI is InChI=1S/C19H20N6O2S/c1-13-3-2-4-14(11-13)22-19-24-23-18(27-19)17(26)21-15-5-6-16(20-12-15)25-7-9-28-10-8-25/h2-6,11-12H,7-10H2,1H3,(H,21,26)(H,22,24). The number of thioether (sulfide) groups is 1. The number of rotatable bonds is 5. The van der Waals surface area contributed by atoms with Crippen molar-refractivity contribution >= 4 is 40.9 Å². The largest absolute Gasteiger partial charge is 0.399 e. The number of aryl methyl sites for hydroxylation is 1. The summed E-state index contributed by atoms with van der Waals surface area (Å²) in [4.78, 5) is 19.0. The number of carbonyl (C=O) groups is 1. The second-order valence-corrected chi connectivity index (χ2v) is 7.59. The number of nitrogens with zero attached hydrogens (tertiary/aromatic N) is 4. The summed E-state index contributed by atoms with van der Waals surface area (Å²) in [5.41, 5.74) is 2.49. The van der Waals surface area contributed by atoms with Crippen LogP contribution < -0.4 is 15.5 Å². The Kier molecular flexibility index (Phi) is 5.43. The van der Waals surface area contributed by atoms with Crippen LogP contribution in [0.15, 0.2) is 47.0 Å². The van der Waals surface area contributed by atoms with Gasteiger partial charge in [-0.1, -0.05) is 17.2 Å². The first-order chi connectivity index (χ1) is 13.7. The quantitative estimate of drug-likeness (QED) is 0.678. The van der Waals surface area contributed by atoms with E-state index in [4.69, 9.17) is 4.42 Å². The first-order valence-electron chi connectivity index (χ1n) is 8.95. The molecular formula is C19H20N6O2S. The Morgan fingerprint density at radius 2 is 2.00 bits per heavy atom. The molecule has 0 unspecified atom stereocenters. The highest BCUT2D eigenvalue weighted by atomic mass is 32.2. The smallest absolute Gasteiger partial charge is 0.320 e. The van der Waals surface area contributed by atoms with Crippen molar-refractivity contribution in [2.24, 2.45) is 0 Å². The van der Waals surface area contributed by atoms with Gasteiger partial charge in [0.05, 0.1) is 11.9 Å². The lowest BCUT2D eigenvalue weighted by molar-refractivity contribution is 0.0991. The Balaban J connectivity index is 1.37. The first-order valence-corrected chi connectivity index (χ1v) is 10.1. The Bertz CT molecular complexity index is 953. The number of nitrogens with one attached hydrogen (secondary N) is 2. The van der Waals surface area contributed by atoms with Crippen molar-refractivity contribution in [1.29, 1.82) is 0 Å². The molecule has 1 aromatic carbocycles. The number of amides is 1. The third-order valence-corrected chi connectivity index (χ3v) is 5.17. The maximum Gasteiger partial charge on any atom is 0.320 e. The molecule has 1 amide bonds. The summed E-state index contributed by atoms with van der Waals surface area (Å²) in [6, 6.07) is 11.6. The summed E-state index contributed by atoms with van der Waals surface area (Å²) in [6.45, 7) is 3.96. The molecule has 2 aromatic heterocycles. The van der Waals surface area contributed by atoms with E-state index in [1.165, 1.54) is 0 Å². The summed E-state index contributed by atoms with van der Waals surface area (Å²) >= 11 is 1.95. The highest BCUT2D eigenvalue weighted by Crippen LogP contribution is 2.20. The van der Waals surface area contributed by atoms with Gasteiger partial charge in [-0.05, 0) is 36.8 Å². The summed E-state index contributed by atoms with van der Waals surface area (Å²) in [5, 5.41) is 13.4. The van der Waals surface area contributed by atoms with E-state index in [1.807, 2.05) is 55.1 Å². The molecule has 1 aliphatic heterocycles. The fraction of sp³-hybridized carbons (Fsp3) is 0.263. The van der Waals surface area contributed by atoms with E-state index in [1.54, 1.807) is 6.20 Å². The van der Waals surface area contributed by atoms with Crippen LogP contribution in [0, 0.1) is 6.92 Å². The summed E-state index contributed by atoms with van der Waals surface area (Å²) in [5.74, 6) is 2.54. The van der Waals surface area contributed by atoms with Gasteiger partial charge < -0.3 is 20.0 Å². The molecule has 0 spiro atoms. The second-order valence-electron chi connectivity index (χ2n) is 6.37. The van der Waals surface area contributed by atoms with Gasteiger partial charge in [0, 0.05) is 30.3 Å². The molecule has 1 fully saturated rings. The fourth-order valence-electron chi connectivity index (χ4n) is 2.84. The third-order valence-electron chi connectivity index (χ3n) is 4.23.